The number of hydrogen-bond acceptors (Lipinski definition) is 12. The molecule has 0 saturated heterocycles. The van der Waals surface area contributed by atoms with Crippen LogP contribution in [-0.2, 0) is 10.5 Å². The van der Waals surface area contributed by atoms with Crippen LogP contribution in [0.2, 0.25) is 18.1 Å². The van der Waals surface area contributed by atoms with Crippen LogP contribution in [0.15, 0.2) is 10.6 Å². The van der Waals surface area contributed by atoms with E-state index in [0.717, 1.165) is 5.56 Å². The zero-order valence-corrected chi connectivity index (χ0v) is 24.6. The highest BCUT2D eigenvalue weighted by Crippen LogP contribution is 2.42. The van der Waals surface area contributed by atoms with Crippen molar-refractivity contribution in [3.05, 3.63) is 34.5 Å². The first-order valence-corrected chi connectivity index (χ1v) is 15.8. The summed E-state index contributed by atoms with van der Waals surface area (Å²) in [5, 5.41) is 15.3. The fraction of sp³-hybridized carbons (Fsp3) is 0.565. The molecule has 0 bridgehead atoms. The Kier molecular flexibility index (Phi) is 8.52. The number of carbonyl (C=O) groups excluding carboxylic acids is 1. The van der Waals surface area contributed by atoms with E-state index in [0.29, 0.717) is 45.8 Å². The third kappa shape index (κ3) is 6.06. The Labute approximate surface area is 221 Å². The number of aryl methyl sites for hydroxylation is 1. The number of methoxy groups -OCH3 is 2. The normalized spacial score (nSPS) is 12.9. The minimum absolute atomic E-state index is 0.0561. The molecule has 0 saturated carbocycles. The summed E-state index contributed by atoms with van der Waals surface area (Å²) in [5.74, 6) is 2.51. The van der Waals surface area contributed by atoms with Crippen LogP contribution in [0.25, 0.3) is 0 Å². The first kappa shape index (κ1) is 28.4. The first-order valence-electron chi connectivity index (χ1n) is 11.7. The smallest absolute Gasteiger partial charge is 0.338 e. The van der Waals surface area contributed by atoms with Gasteiger partial charge in [-0.25, -0.2) is 4.79 Å². The fourth-order valence-corrected chi connectivity index (χ4v) is 5.58. The molecule has 37 heavy (non-hydrogen) atoms. The van der Waals surface area contributed by atoms with Crippen LogP contribution in [0, 0.1) is 13.8 Å². The van der Waals surface area contributed by atoms with Crippen LogP contribution in [-0.4, -0.2) is 64.6 Å². The van der Waals surface area contributed by atoms with Gasteiger partial charge in [-0.15, -0.1) is 0 Å². The van der Waals surface area contributed by atoms with Crippen molar-refractivity contribution in [3.8, 4) is 11.5 Å². The Hall–Kier alpha value is -3.13. The molecule has 0 fully saturated rings. The predicted octanol–water partition coefficient (Wildman–Crippen LogP) is 3.96. The Morgan fingerprint density at radius 2 is 1.95 bits per heavy atom. The van der Waals surface area contributed by atoms with E-state index in [-0.39, 0.29) is 11.0 Å². The minimum atomic E-state index is -2.26. The summed E-state index contributed by atoms with van der Waals surface area (Å²) in [6.45, 7) is 14.4. The number of carbonyl (C=O) groups is 1. The second-order valence-electron chi connectivity index (χ2n) is 10.1. The van der Waals surface area contributed by atoms with Gasteiger partial charge in [0.1, 0.15) is 17.5 Å². The SMILES string of the molecule is COC(=O)c1c(C)c(OC)cc(O[Si](C)(C)C(C)(C)C)c1CSC[C@@H](c1nc(C)no1)n1nnnc1N. The molecule has 0 radical (unpaired) electrons. The highest BCUT2D eigenvalue weighted by Gasteiger charge is 2.40. The van der Waals surface area contributed by atoms with Gasteiger partial charge in [0.25, 0.3) is 5.89 Å². The van der Waals surface area contributed by atoms with E-state index in [2.05, 4.69) is 59.5 Å². The molecule has 12 nitrogen and oxygen atoms in total. The summed E-state index contributed by atoms with van der Waals surface area (Å²) in [4.78, 5) is 17.3. The Morgan fingerprint density at radius 3 is 2.46 bits per heavy atom. The van der Waals surface area contributed by atoms with Gasteiger partial charge in [-0.2, -0.15) is 21.4 Å². The van der Waals surface area contributed by atoms with Crippen LogP contribution in [0.1, 0.15) is 60.0 Å². The highest BCUT2D eigenvalue weighted by atomic mass is 32.2. The highest BCUT2D eigenvalue weighted by molar-refractivity contribution is 7.98. The number of nitrogens with zero attached hydrogens (tertiary/aromatic N) is 6. The molecule has 0 aliphatic carbocycles. The monoisotopic (exact) mass is 549 g/mol. The maximum absolute atomic E-state index is 13.0. The van der Waals surface area contributed by atoms with Crippen molar-refractivity contribution in [3.63, 3.8) is 0 Å². The summed E-state index contributed by atoms with van der Waals surface area (Å²) < 4.78 is 24.3. The number of esters is 1. The number of tetrazole rings is 1. The molecule has 202 valence electrons. The van der Waals surface area contributed by atoms with Crippen molar-refractivity contribution < 1.29 is 23.2 Å². The van der Waals surface area contributed by atoms with Crippen LogP contribution in [0.3, 0.4) is 0 Å². The van der Waals surface area contributed by atoms with E-state index in [4.69, 9.17) is 24.2 Å². The summed E-state index contributed by atoms with van der Waals surface area (Å²) in [5.41, 5.74) is 7.81. The molecule has 0 spiro atoms. The van der Waals surface area contributed by atoms with Crippen molar-refractivity contribution in [1.29, 1.82) is 0 Å². The van der Waals surface area contributed by atoms with Crippen molar-refractivity contribution in [2.45, 2.75) is 64.5 Å². The number of nitrogen functional groups attached to an aromatic ring is 1. The van der Waals surface area contributed by atoms with E-state index in [1.165, 1.54) is 23.6 Å². The lowest BCUT2D eigenvalue weighted by Gasteiger charge is -2.37. The van der Waals surface area contributed by atoms with Crippen molar-refractivity contribution in [1.82, 2.24) is 30.3 Å². The van der Waals surface area contributed by atoms with Gasteiger partial charge in [-0.05, 0) is 42.4 Å². The van der Waals surface area contributed by atoms with E-state index in [9.17, 15) is 4.79 Å². The lowest BCUT2D eigenvalue weighted by molar-refractivity contribution is 0.0598. The molecule has 1 atom stereocenters. The molecular formula is C23H35N7O5SSi. The van der Waals surface area contributed by atoms with Gasteiger partial charge >= 0.3 is 5.97 Å². The Bertz CT molecular complexity index is 1250. The van der Waals surface area contributed by atoms with Gasteiger partial charge in [0, 0.05) is 28.7 Å². The van der Waals surface area contributed by atoms with Crippen molar-refractivity contribution in [2.75, 3.05) is 25.7 Å². The van der Waals surface area contributed by atoms with E-state index in [1.807, 2.05) is 13.0 Å². The second kappa shape index (κ2) is 11.1. The molecule has 0 aliphatic rings. The quantitative estimate of drug-likeness (QED) is 0.287. The lowest BCUT2D eigenvalue weighted by atomic mass is 10.0. The summed E-state index contributed by atoms with van der Waals surface area (Å²) in [7, 11) is 0.676. The molecule has 3 aromatic rings. The van der Waals surface area contributed by atoms with Gasteiger partial charge < -0.3 is 24.2 Å². The minimum Gasteiger partial charge on any atom is -0.543 e. The van der Waals surface area contributed by atoms with E-state index in [1.54, 1.807) is 14.0 Å². The average molecular weight is 550 g/mol. The number of thioether (sulfide) groups is 1. The molecule has 1 aromatic carbocycles. The fourth-order valence-electron chi connectivity index (χ4n) is 3.43. The first-order chi connectivity index (χ1) is 17.3. The van der Waals surface area contributed by atoms with E-state index < -0.39 is 20.3 Å². The molecule has 2 aromatic heterocycles. The second-order valence-corrected chi connectivity index (χ2v) is 15.9. The zero-order chi connectivity index (χ0) is 27.5. The predicted molar refractivity (Wildman–Crippen MR) is 142 cm³/mol. The third-order valence-electron chi connectivity index (χ3n) is 6.55. The number of benzene rings is 1. The largest absolute Gasteiger partial charge is 0.543 e. The lowest BCUT2D eigenvalue weighted by Crippen LogP contribution is -2.44. The number of aromatic nitrogens is 6. The van der Waals surface area contributed by atoms with Crippen LogP contribution in [0.4, 0.5) is 5.95 Å². The van der Waals surface area contributed by atoms with Crippen LogP contribution >= 0.6 is 11.8 Å². The summed E-state index contributed by atoms with van der Waals surface area (Å²) >= 11 is 1.52. The van der Waals surface area contributed by atoms with Gasteiger partial charge in [-0.1, -0.05) is 31.0 Å². The van der Waals surface area contributed by atoms with Gasteiger partial charge in [-0.3, -0.25) is 0 Å². The van der Waals surface area contributed by atoms with Gasteiger partial charge in [0.2, 0.25) is 14.3 Å². The van der Waals surface area contributed by atoms with Gasteiger partial charge in [0.05, 0.1) is 19.8 Å². The maximum Gasteiger partial charge on any atom is 0.338 e. The number of ether oxygens (including phenoxy) is 2. The number of nitrogens with two attached hydrogens (primary N) is 1. The maximum atomic E-state index is 13.0. The van der Waals surface area contributed by atoms with Gasteiger partial charge in [0.15, 0.2) is 5.82 Å². The van der Waals surface area contributed by atoms with Crippen molar-refractivity contribution in [2.24, 2.45) is 0 Å². The molecule has 14 heteroatoms. The molecule has 3 rings (SSSR count). The molecule has 0 amide bonds. The van der Waals surface area contributed by atoms with Crippen LogP contribution in [0.5, 0.6) is 11.5 Å². The standard InChI is InChI=1S/C23H35N7O5SSi/c1-13-17(32-6)10-18(35-37(8,9)23(3,4)5)15(19(13)21(31)33-7)11-36-12-16(20-25-14(2)27-34-20)30-22(24)26-28-29-30/h10,16H,11-12H2,1-9H3,(H2,24,26,29)/t16-/m0/s1. The topological polar surface area (TPSA) is 153 Å². The zero-order valence-electron chi connectivity index (χ0n) is 22.8. The molecular weight excluding hydrogens is 514 g/mol. The molecule has 0 unspecified atom stereocenters. The summed E-state index contributed by atoms with van der Waals surface area (Å²) in [6, 6.07) is 1.35. The van der Waals surface area contributed by atoms with Crippen molar-refractivity contribution >= 4 is 32.0 Å². The molecule has 0 aliphatic heterocycles. The Balaban J connectivity index is 2.02. The Morgan fingerprint density at radius 1 is 1.24 bits per heavy atom. The number of anilines is 1. The molecule has 2 heterocycles. The average Bonchev–Trinajstić information content (AvgIpc) is 3.44. The van der Waals surface area contributed by atoms with Crippen LogP contribution < -0.4 is 14.9 Å². The number of rotatable bonds is 10. The third-order valence-corrected chi connectivity index (χ3v) is 11.9. The molecule has 2 N–H and O–H groups in total. The van der Waals surface area contributed by atoms with E-state index >= 15 is 0 Å². The summed E-state index contributed by atoms with van der Waals surface area (Å²) in [6.07, 6.45) is 0. The number of hydrogen-bond donors (Lipinski definition) is 1.